The molecule has 2 aliphatic rings. The fourth-order valence-electron chi connectivity index (χ4n) is 3.14. The standard InChI is InChI=1S/C15H20F2N2O4S2/c16-14-6-3-7-15(17)13(14)10-24(20,21)19-8-12(9-19)25(22,23)18-11-4-1-2-5-11/h3,6-7,11-12,18H,1-2,4-5,8-10H2. The second-order valence-corrected chi connectivity index (χ2v) is 10.5. The number of sulfonamides is 2. The van der Waals surface area contributed by atoms with Crippen molar-refractivity contribution in [2.24, 2.45) is 0 Å². The van der Waals surface area contributed by atoms with Crippen LogP contribution in [0.2, 0.25) is 0 Å². The van der Waals surface area contributed by atoms with Crippen LogP contribution in [0.1, 0.15) is 31.2 Å². The van der Waals surface area contributed by atoms with E-state index in [-0.39, 0.29) is 19.1 Å². The number of benzene rings is 1. The molecule has 1 aromatic rings. The molecule has 1 N–H and O–H groups in total. The molecule has 0 aromatic heterocycles. The zero-order valence-corrected chi connectivity index (χ0v) is 15.1. The van der Waals surface area contributed by atoms with Crippen LogP contribution in [0.25, 0.3) is 0 Å². The van der Waals surface area contributed by atoms with E-state index in [1.807, 2.05) is 0 Å². The van der Waals surface area contributed by atoms with Gasteiger partial charge in [0.2, 0.25) is 20.0 Å². The van der Waals surface area contributed by atoms with Gasteiger partial charge in [0.05, 0.1) is 5.75 Å². The Morgan fingerprint density at radius 3 is 2.16 bits per heavy atom. The Labute approximate surface area is 146 Å². The van der Waals surface area contributed by atoms with Gasteiger partial charge in [0.15, 0.2) is 0 Å². The van der Waals surface area contributed by atoms with E-state index in [2.05, 4.69) is 4.72 Å². The van der Waals surface area contributed by atoms with Gasteiger partial charge < -0.3 is 0 Å². The van der Waals surface area contributed by atoms with Crippen LogP contribution < -0.4 is 4.72 Å². The van der Waals surface area contributed by atoms with Gasteiger partial charge in [-0.1, -0.05) is 18.9 Å². The van der Waals surface area contributed by atoms with Gasteiger partial charge in [0, 0.05) is 24.7 Å². The molecule has 2 fully saturated rings. The fraction of sp³-hybridized carbons (Fsp3) is 0.600. The van der Waals surface area contributed by atoms with E-state index in [9.17, 15) is 25.6 Å². The molecule has 140 valence electrons. The summed E-state index contributed by atoms with van der Waals surface area (Å²) >= 11 is 0. The summed E-state index contributed by atoms with van der Waals surface area (Å²) in [5.74, 6) is -2.69. The first kappa shape index (κ1) is 18.7. The van der Waals surface area contributed by atoms with Crippen LogP contribution >= 0.6 is 0 Å². The molecule has 0 bridgehead atoms. The van der Waals surface area contributed by atoms with E-state index in [0.717, 1.165) is 48.2 Å². The van der Waals surface area contributed by atoms with Crippen molar-refractivity contribution in [2.75, 3.05) is 13.1 Å². The minimum absolute atomic E-state index is 0.0804. The molecule has 1 saturated carbocycles. The maximum absolute atomic E-state index is 13.6. The summed E-state index contributed by atoms with van der Waals surface area (Å²) in [4.78, 5) is 0. The Balaban J connectivity index is 1.63. The number of nitrogens with zero attached hydrogens (tertiary/aromatic N) is 1. The van der Waals surface area contributed by atoms with E-state index < -0.39 is 48.2 Å². The molecule has 1 aliphatic carbocycles. The van der Waals surface area contributed by atoms with E-state index in [1.54, 1.807) is 0 Å². The van der Waals surface area contributed by atoms with Gasteiger partial charge >= 0.3 is 0 Å². The van der Waals surface area contributed by atoms with Crippen LogP contribution in [0, 0.1) is 11.6 Å². The van der Waals surface area contributed by atoms with Gasteiger partial charge in [-0.15, -0.1) is 0 Å². The maximum atomic E-state index is 13.6. The highest BCUT2D eigenvalue weighted by Crippen LogP contribution is 2.26. The minimum Gasteiger partial charge on any atom is -0.212 e. The monoisotopic (exact) mass is 394 g/mol. The average molecular weight is 394 g/mol. The summed E-state index contributed by atoms with van der Waals surface area (Å²) in [6.45, 7) is -0.388. The van der Waals surface area contributed by atoms with E-state index in [1.165, 1.54) is 0 Å². The van der Waals surface area contributed by atoms with Crippen molar-refractivity contribution in [2.45, 2.75) is 42.7 Å². The first-order valence-electron chi connectivity index (χ1n) is 8.11. The van der Waals surface area contributed by atoms with Crippen molar-refractivity contribution in [1.29, 1.82) is 0 Å². The van der Waals surface area contributed by atoms with Crippen molar-refractivity contribution in [1.82, 2.24) is 9.03 Å². The van der Waals surface area contributed by atoms with Crippen LogP contribution in [-0.2, 0) is 25.8 Å². The molecule has 1 saturated heterocycles. The Kier molecular flexibility index (Phi) is 5.16. The quantitative estimate of drug-likeness (QED) is 0.789. The van der Waals surface area contributed by atoms with Crippen LogP contribution in [-0.4, -0.2) is 45.5 Å². The van der Waals surface area contributed by atoms with Gasteiger partial charge in [-0.05, 0) is 25.0 Å². The fourth-order valence-corrected chi connectivity index (χ4v) is 6.61. The third-order valence-electron chi connectivity index (χ3n) is 4.72. The van der Waals surface area contributed by atoms with Crippen LogP contribution in [0.4, 0.5) is 8.78 Å². The van der Waals surface area contributed by atoms with Crippen LogP contribution in [0.3, 0.4) is 0 Å². The first-order chi connectivity index (χ1) is 11.7. The predicted octanol–water partition coefficient (Wildman–Crippen LogP) is 1.34. The van der Waals surface area contributed by atoms with E-state index in [4.69, 9.17) is 0 Å². The minimum atomic E-state index is -3.98. The molecule has 1 heterocycles. The second-order valence-electron chi connectivity index (χ2n) is 6.54. The lowest BCUT2D eigenvalue weighted by Gasteiger charge is -2.37. The smallest absolute Gasteiger partial charge is 0.212 e. The molecular formula is C15H20F2N2O4S2. The van der Waals surface area contributed by atoms with Crippen molar-refractivity contribution >= 4 is 20.0 Å². The first-order valence-corrected chi connectivity index (χ1v) is 11.3. The number of hydrogen-bond donors (Lipinski definition) is 1. The van der Waals surface area contributed by atoms with Crippen molar-refractivity contribution in [3.05, 3.63) is 35.4 Å². The Bertz CT molecular complexity index is 826. The molecule has 25 heavy (non-hydrogen) atoms. The number of halogens is 2. The van der Waals surface area contributed by atoms with Gasteiger partial charge in [-0.3, -0.25) is 0 Å². The lowest BCUT2D eigenvalue weighted by atomic mass is 10.2. The highest BCUT2D eigenvalue weighted by molar-refractivity contribution is 7.91. The number of nitrogens with one attached hydrogen (secondary N) is 1. The normalized spacial score (nSPS) is 20.7. The Morgan fingerprint density at radius 1 is 1.04 bits per heavy atom. The second kappa shape index (κ2) is 6.90. The zero-order valence-electron chi connectivity index (χ0n) is 13.5. The molecule has 0 unspecified atom stereocenters. The summed E-state index contributed by atoms with van der Waals surface area (Å²) in [7, 11) is -7.57. The average Bonchev–Trinajstić information content (AvgIpc) is 2.92. The summed E-state index contributed by atoms with van der Waals surface area (Å²) in [6.07, 6.45) is 3.54. The van der Waals surface area contributed by atoms with Gasteiger partial charge in [-0.25, -0.2) is 30.3 Å². The lowest BCUT2D eigenvalue weighted by molar-refractivity contribution is 0.306. The van der Waals surface area contributed by atoms with Gasteiger partial charge in [0.1, 0.15) is 16.9 Å². The molecule has 0 atom stereocenters. The predicted molar refractivity (Wildman–Crippen MR) is 88.7 cm³/mol. The Hall–Kier alpha value is -1.10. The summed E-state index contributed by atoms with van der Waals surface area (Å²) in [6, 6.07) is 3.05. The van der Waals surface area contributed by atoms with Crippen molar-refractivity contribution in [3.63, 3.8) is 0 Å². The SMILES string of the molecule is O=S(=O)(NC1CCCC1)C1CN(S(=O)(=O)Cc2c(F)cccc2F)C1. The highest BCUT2D eigenvalue weighted by Gasteiger charge is 2.44. The molecule has 6 nitrogen and oxygen atoms in total. The van der Waals surface area contributed by atoms with Crippen LogP contribution in [0.15, 0.2) is 18.2 Å². The molecule has 3 rings (SSSR count). The number of rotatable bonds is 6. The van der Waals surface area contributed by atoms with Crippen molar-refractivity contribution < 1.29 is 25.6 Å². The number of hydrogen-bond acceptors (Lipinski definition) is 4. The van der Waals surface area contributed by atoms with E-state index in [0.29, 0.717) is 0 Å². The topological polar surface area (TPSA) is 83.6 Å². The van der Waals surface area contributed by atoms with Gasteiger partial charge in [0.25, 0.3) is 0 Å². The summed E-state index contributed by atoms with van der Waals surface area (Å²) in [5.41, 5.74) is -0.530. The highest BCUT2D eigenvalue weighted by atomic mass is 32.2. The maximum Gasteiger partial charge on any atom is 0.218 e. The lowest BCUT2D eigenvalue weighted by Crippen LogP contribution is -2.60. The molecule has 10 heteroatoms. The molecule has 0 amide bonds. The molecule has 1 aliphatic heterocycles. The zero-order chi connectivity index (χ0) is 18.2. The molecule has 0 radical (unpaired) electrons. The van der Waals surface area contributed by atoms with Crippen LogP contribution in [0.5, 0.6) is 0 Å². The Morgan fingerprint density at radius 2 is 1.60 bits per heavy atom. The molecule has 1 aromatic carbocycles. The van der Waals surface area contributed by atoms with E-state index >= 15 is 0 Å². The van der Waals surface area contributed by atoms with Gasteiger partial charge in [-0.2, -0.15) is 4.31 Å². The third-order valence-corrected chi connectivity index (χ3v) is 8.30. The molecule has 0 spiro atoms. The third kappa shape index (κ3) is 4.02. The largest absolute Gasteiger partial charge is 0.218 e. The summed E-state index contributed by atoms with van der Waals surface area (Å²) in [5, 5.41) is -0.826. The van der Waals surface area contributed by atoms with Crippen molar-refractivity contribution in [3.8, 4) is 0 Å². The summed E-state index contributed by atoms with van der Waals surface area (Å²) < 4.78 is 79.9. The molecular weight excluding hydrogens is 374 g/mol.